The van der Waals surface area contributed by atoms with Crippen LogP contribution in [0.25, 0.3) is 0 Å². The Balaban J connectivity index is 1.38. The first-order valence-electron chi connectivity index (χ1n) is 12.7. The predicted octanol–water partition coefficient (Wildman–Crippen LogP) is 4.46. The second-order valence-electron chi connectivity index (χ2n) is 11.9. The molecule has 37 heavy (non-hydrogen) atoms. The highest BCUT2D eigenvalue weighted by molar-refractivity contribution is 6.30. The molecule has 0 spiro atoms. The van der Waals surface area contributed by atoms with E-state index in [9.17, 15) is 19.8 Å². The molecule has 9 atom stereocenters. The van der Waals surface area contributed by atoms with Crippen molar-refractivity contribution in [2.45, 2.75) is 63.2 Å². The molecule has 6 rings (SSSR count). The highest BCUT2D eigenvalue weighted by Crippen LogP contribution is 2.72. The fourth-order valence-corrected chi connectivity index (χ4v) is 8.70. The zero-order valence-electron chi connectivity index (χ0n) is 20.7. The van der Waals surface area contributed by atoms with Crippen molar-refractivity contribution >= 4 is 23.4 Å². The summed E-state index contributed by atoms with van der Waals surface area (Å²) in [5.41, 5.74) is -5.60. The number of aliphatic carboxylic acids is 1. The molecule has 0 unspecified atom stereocenters. The molecule has 5 aliphatic rings. The van der Waals surface area contributed by atoms with E-state index in [-0.39, 0.29) is 18.4 Å². The van der Waals surface area contributed by atoms with Crippen LogP contribution in [0.15, 0.2) is 48.1 Å². The number of fused-ring (bicyclic) bond motifs is 7. The van der Waals surface area contributed by atoms with Crippen molar-refractivity contribution in [3.63, 3.8) is 0 Å². The molecule has 4 aliphatic carbocycles. The van der Waals surface area contributed by atoms with Gasteiger partial charge in [-0.05, 0) is 67.5 Å². The van der Waals surface area contributed by atoms with E-state index < -0.39 is 63.9 Å². The van der Waals surface area contributed by atoms with Crippen LogP contribution in [0.1, 0.15) is 38.7 Å². The lowest BCUT2D eigenvalue weighted by atomic mass is 9.44. The monoisotopic (exact) mass is 533 g/mol. The van der Waals surface area contributed by atoms with E-state index in [0.717, 1.165) is 11.6 Å². The molecule has 3 saturated carbocycles. The number of hydrogen-bond acceptors (Lipinski definition) is 5. The van der Waals surface area contributed by atoms with E-state index in [1.165, 1.54) is 12.2 Å². The standard InChI is InChI=1S/C28H30ClF2NO5/c1-25-8-7-18(33)10-21(25)22(30)11-20-19-9-16-14-32(13-15-3-5-17(29)6-4-15)37-28(16,24(35)36)26(19,2)12-23(34)27(20,25)31/h3-8,10,16,19-20,22-23,34H,9,11-14H2,1-2H3,(H,35,36)/t16-,19-,20-,22-,23-,25-,26-,27-,28-/m0/s1. The molecule has 6 nitrogen and oxygen atoms in total. The molecule has 1 aromatic carbocycles. The normalized spacial score (nSPS) is 46.6. The van der Waals surface area contributed by atoms with Crippen LogP contribution in [0.5, 0.6) is 0 Å². The third-order valence-electron chi connectivity index (χ3n) is 10.3. The first-order chi connectivity index (χ1) is 17.4. The molecule has 1 heterocycles. The van der Waals surface area contributed by atoms with Gasteiger partial charge in [0.05, 0.1) is 6.10 Å². The topological polar surface area (TPSA) is 87.1 Å². The lowest BCUT2D eigenvalue weighted by molar-refractivity contribution is -0.275. The van der Waals surface area contributed by atoms with Crippen LogP contribution in [-0.2, 0) is 21.0 Å². The summed E-state index contributed by atoms with van der Waals surface area (Å²) in [7, 11) is 0. The number of carboxylic acids is 1. The third-order valence-corrected chi connectivity index (χ3v) is 10.5. The van der Waals surface area contributed by atoms with Crippen LogP contribution in [-0.4, -0.2) is 57.1 Å². The SMILES string of the molecule is C[C@]12C=CC(=O)C=C1[C@@H](F)C[C@H]1[C@@H]3C[C@H]4CN(Cc5ccc(Cl)cc5)O[C@@]4(C(=O)O)[C@@]3(C)C[C@H](O)[C@@]12F. The second kappa shape index (κ2) is 7.94. The van der Waals surface area contributed by atoms with Crippen molar-refractivity contribution in [1.29, 1.82) is 0 Å². The Morgan fingerprint density at radius 2 is 1.92 bits per heavy atom. The summed E-state index contributed by atoms with van der Waals surface area (Å²) in [6.45, 7) is 3.96. The molecule has 1 aliphatic heterocycles. The minimum atomic E-state index is -2.25. The number of halogens is 3. The zero-order chi connectivity index (χ0) is 26.5. The van der Waals surface area contributed by atoms with E-state index in [1.54, 1.807) is 31.0 Å². The quantitative estimate of drug-likeness (QED) is 0.597. The van der Waals surface area contributed by atoms with Crippen LogP contribution >= 0.6 is 11.6 Å². The molecule has 0 aromatic heterocycles. The van der Waals surface area contributed by atoms with Gasteiger partial charge >= 0.3 is 5.97 Å². The summed E-state index contributed by atoms with van der Waals surface area (Å²) < 4.78 is 32.9. The molecule has 0 amide bonds. The number of ketones is 1. The number of rotatable bonds is 3. The van der Waals surface area contributed by atoms with Gasteiger partial charge in [0, 0.05) is 40.8 Å². The molecule has 9 heteroatoms. The van der Waals surface area contributed by atoms with Gasteiger partial charge in [0.25, 0.3) is 0 Å². The van der Waals surface area contributed by atoms with Gasteiger partial charge in [-0.15, -0.1) is 0 Å². The number of carbonyl (C=O) groups excluding carboxylic acids is 1. The maximum atomic E-state index is 17.3. The minimum Gasteiger partial charge on any atom is -0.479 e. The minimum absolute atomic E-state index is 0.0536. The van der Waals surface area contributed by atoms with E-state index in [0.29, 0.717) is 24.5 Å². The summed E-state index contributed by atoms with van der Waals surface area (Å²) in [5, 5.41) is 24.3. The van der Waals surface area contributed by atoms with Crippen LogP contribution in [0.2, 0.25) is 5.02 Å². The summed E-state index contributed by atoms with van der Waals surface area (Å²) in [4.78, 5) is 31.3. The van der Waals surface area contributed by atoms with Crippen LogP contribution in [0.4, 0.5) is 8.78 Å². The van der Waals surface area contributed by atoms with Crippen LogP contribution < -0.4 is 0 Å². The van der Waals surface area contributed by atoms with Gasteiger partial charge < -0.3 is 10.2 Å². The fraction of sp³-hybridized carbons (Fsp3) is 0.571. The maximum Gasteiger partial charge on any atom is 0.339 e. The van der Waals surface area contributed by atoms with Crippen molar-refractivity contribution in [1.82, 2.24) is 5.06 Å². The van der Waals surface area contributed by atoms with E-state index in [4.69, 9.17) is 16.4 Å². The highest BCUT2D eigenvalue weighted by Gasteiger charge is 2.80. The summed E-state index contributed by atoms with van der Waals surface area (Å²) in [6, 6.07) is 7.20. The number of hydrogen-bond donors (Lipinski definition) is 2. The van der Waals surface area contributed by atoms with Gasteiger partial charge in [0.15, 0.2) is 17.1 Å². The van der Waals surface area contributed by atoms with Crippen molar-refractivity contribution in [3.8, 4) is 0 Å². The number of allylic oxidation sites excluding steroid dienone is 4. The Morgan fingerprint density at radius 1 is 1.22 bits per heavy atom. The molecule has 4 fully saturated rings. The summed E-state index contributed by atoms with van der Waals surface area (Å²) >= 11 is 5.99. The number of benzene rings is 1. The molecule has 1 aromatic rings. The third kappa shape index (κ3) is 3.07. The fourth-order valence-electron chi connectivity index (χ4n) is 8.57. The van der Waals surface area contributed by atoms with Crippen molar-refractivity contribution in [2.24, 2.45) is 28.6 Å². The van der Waals surface area contributed by atoms with Gasteiger partial charge in [-0.3, -0.25) is 9.63 Å². The van der Waals surface area contributed by atoms with Gasteiger partial charge in [-0.2, -0.15) is 5.06 Å². The molecule has 0 radical (unpaired) electrons. The molecule has 2 N–H and O–H groups in total. The van der Waals surface area contributed by atoms with E-state index in [2.05, 4.69) is 0 Å². The molecule has 198 valence electrons. The molecule has 0 bridgehead atoms. The number of hydroxylamine groups is 2. The second-order valence-corrected chi connectivity index (χ2v) is 12.3. The summed E-state index contributed by atoms with van der Waals surface area (Å²) in [5.74, 6) is -3.48. The average Bonchev–Trinajstić information content (AvgIpc) is 3.31. The Kier molecular flexibility index (Phi) is 5.40. The number of nitrogens with zero attached hydrogens (tertiary/aromatic N) is 1. The number of aliphatic hydroxyl groups excluding tert-OH is 1. The first-order valence-corrected chi connectivity index (χ1v) is 13.1. The van der Waals surface area contributed by atoms with Gasteiger partial charge in [0.1, 0.15) is 6.17 Å². The Hall–Kier alpha value is -2.13. The van der Waals surface area contributed by atoms with Crippen molar-refractivity contribution in [2.75, 3.05) is 6.54 Å². The van der Waals surface area contributed by atoms with Crippen LogP contribution in [0.3, 0.4) is 0 Å². The molecular formula is C28H30ClF2NO5. The van der Waals surface area contributed by atoms with E-state index >= 15 is 8.78 Å². The average molecular weight is 534 g/mol. The molecule has 1 saturated heterocycles. The Morgan fingerprint density at radius 3 is 2.59 bits per heavy atom. The molecular weight excluding hydrogens is 504 g/mol. The first kappa shape index (κ1) is 25.2. The number of aliphatic hydroxyl groups is 1. The number of carboxylic acid groups (broad SMARTS) is 1. The van der Waals surface area contributed by atoms with Gasteiger partial charge in [0.2, 0.25) is 0 Å². The van der Waals surface area contributed by atoms with Gasteiger partial charge in [-0.25, -0.2) is 13.6 Å². The van der Waals surface area contributed by atoms with E-state index in [1.807, 2.05) is 12.1 Å². The lowest BCUT2D eigenvalue weighted by Crippen LogP contribution is -2.70. The van der Waals surface area contributed by atoms with Gasteiger partial charge in [-0.1, -0.05) is 36.7 Å². The predicted molar refractivity (Wildman–Crippen MR) is 131 cm³/mol. The number of alkyl halides is 2. The zero-order valence-corrected chi connectivity index (χ0v) is 21.4. The highest BCUT2D eigenvalue weighted by atomic mass is 35.5. The van der Waals surface area contributed by atoms with Crippen molar-refractivity contribution < 1.29 is 33.4 Å². The summed E-state index contributed by atoms with van der Waals surface area (Å²) in [6.07, 6.45) is 0.628. The lowest BCUT2D eigenvalue weighted by Gasteiger charge is -2.63. The Bertz CT molecular complexity index is 1240. The Labute approximate surface area is 218 Å². The smallest absolute Gasteiger partial charge is 0.339 e. The van der Waals surface area contributed by atoms with Crippen LogP contribution in [0, 0.1) is 28.6 Å². The largest absolute Gasteiger partial charge is 0.479 e. The van der Waals surface area contributed by atoms with Crippen molar-refractivity contribution in [3.05, 3.63) is 58.7 Å². The maximum absolute atomic E-state index is 17.3. The number of carbonyl (C=O) groups is 2.